The Morgan fingerprint density at radius 3 is 2.42 bits per heavy atom. The summed E-state index contributed by atoms with van der Waals surface area (Å²) in [6, 6.07) is 20.7. The fraction of sp³-hybridized carbons (Fsp3) is 0.393. The highest BCUT2D eigenvalue weighted by Gasteiger charge is 2.40. The van der Waals surface area contributed by atoms with Crippen molar-refractivity contribution in [1.29, 1.82) is 0 Å². The first-order valence-electron chi connectivity index (χ1n) is 13.2. The number of benzene rings is 2. The molecule has 0 unspecified atom stereocenters. The monoisotopic (exact) mass is 533 g/mol. The molecule has 0 saturated carbocycles. The largest absolute Gasteiger partial charge is 0.380 e. The smallest absolute Gasteiger partial charge is 0.357 e. The molecule has 6 rings (SSSR count). The summed E-state index contributed by atoms with van der Waals surface area (Å²) in [5, 5.41) is 10.0. The minimum Gasteiger partial charge on any atom is -0.380 e. The Balaban J connectivity index is 1.06. The van der Waals surface area contributed by atoms with Gasteiger partial charge in [0, 0.05) is 69.7 Å². The number of carbonyl (C=O) groups excluding carboxylic acids is 1. The van der Waals surface area contributed by atoms with Gasteiger partial charge in [-0.3, -0.25) is 4.90 Å². The third kappa shape index (κ3) is 5.27. The number of hydroxylamine groups is 2. The van der Waals surface area contributed by atoms with Crippen LogP contribution in [0.1, 0.15) is 28.8 Å². The zero-order valence-electron chi connectivity index (χ0n) is 21.2. The molecule has 10 heteroatoms. The van der Waals surface area contributed by atoms with Crippen LogP contribution in [0.3, 0.4) is 0 Å². The predicted molar refractivity (Wildman–Crippen MR) is 148 cm³/mol. The number of nitrogen functional groups attached to an aromatic ring is 1. The van der Waals surface area contributed by atoms with E-state index in [9.17, 15) is 4.79 Å². The maximum absolute atomic E-state index is 12.4. The molecule has 1 aromatic heterocycles. The molecule has 0 aliphatic carbocycles. The summed E-state index contributed by atoms with van der Waals surface area (Å²) in [4.78, 5) is 25.3. The second kappa shape index (κ2) is 10.8. The van der Waals surface area contributed by atoms with Crippen molar-refractivity contribution in [3.63, 3.8) is 0 Å². The van der Waals surface area contributed by atoms with Crippen LogP contribution < -0.4 is 15.5 Å². The summed E-state index contributed by atoms with van der Waals surface area (Å²) in [7, 11) is 0. The first-order chi connectivity index (χ1) is 18.5. The van der Waals surface area contributed by atoms with Gasteiger partial charge in [0.05, 0.1) is 11.3 Å². The average molecular weight is 534 g/mol. The second-order valence-corrected chi connectivity index (χ2v) is 10.6. The molecule has 3 aliphatic rings. The van der Waals surface area contributed by atoms with E-state index < -0.39 is 0 Å². The molecule has 2 bridgehead atoms. The molecule has 3 saturated heterocycles. The SMILES string of the molecule is Nc1nnc(Cl)cc1N1C[C@H]2CC[C@@H](C1)N2c1cccc(CN2CCN(OC(=O)c3ccccc3)CC2)c1. The van der Waals surface area contributed by atoms with Crippen LogP contribution in [-0.2, 0) is 11.4 Å². The van der Waals surface area contributed by atoms with Crippen molar-refractivity contribution in [3.05, 3.63) is 76.9 Å². The Hall–Kier alpha value is -3.40. The lowest BCUT2D eigenvalue weighted by atomic mass is 10.1. The first-order valence-corrected chi connectivity index (χ1v) is 13.6. The minimum absolute atomic E-state index is 0.299. The maximum atomic E-state index is 12.4. The van der Waals surface area contributed by atoms with E-state index in [1.165, 1.54) is 11.3 Å². The molecule has 2 atom stereocenters. The predicted octanol–water partition coefficient (Wildman–Crippen LogP) is 3.46. The molecule has 0 amide bonds. The number of aromatic nitrogens is 2. The molecule has 3 aromatic rings. The number of nitrogens with zero attached hydrogens (tertiary/aromatic N) is 6. The van der Waals surface area contributed by atoms with E-state index in [-0.39, 0.29) is 5.97 Å². The normalized spacial score (nSPS) is 22.0. The van der Waals surface area contributed by atoms with E-state index in [1.807, 2.05) is 24.3 Å². The molecule has 3 aliphatic heterocycles. The quantitative estimate of drug-likeness (QED) is 0.511. The molecule has 0 radical (unpaired) electrons. The van der Waals surface area contributed by atoms with Crippen LogP contribution >= 0.6 is 11.6 Å². The summed E-state index contributed by atoms with van der Waals surface area (Å²) >= 11 is 6.11. The molecule has 3 fully saturated rings. The first kappa shape index (κ1) is 24.9. The van der Waals surface area contributed by atoms with E-state index in [0.29, 0.717) is 41.7 Å². The number of anilines is 3. The van der Waals surface area contributed by atoms with Crippen LogP contribution in [0, 0.1) is 0 Å². The zero-order valence-corrected chi connectivity index (χ0v) is 22.0. The fourth-order valence-electron chi connectivity index (χ4n) is 5.94. The number of hydrogen-bond donors (Lipinski definition) is 1. The van der Waals surface area contributed by atoms with Crippen molar-refractivity contribution >= 4 is 34.8 Å². The maximum Gasteiger partial charge on any atom is 0.357 e. The molecule has 38 heavy (non-hydrogen) atoms. The van der Waals surface area contributed by atoms with Crippen molar-refractivity contribution in [2.75, 3.05) is 54.8 Å². The van der Waals surface area contributed by atoms with Crippen LogP contribution in [0.5, 0.6) is 0 Å². The molecular formula is C28H32ClN7O2. The summed E-state index contributed by atoms with van der Waals surface area (Å²) in [6.07, 6.45) is 2.31. The molecule has 2 N–H and O–H groups in total. The Kier molecular flexibility index (Phi) is 7.06. The van der Waals surface area contributed by atoms with Gasteiger partial charge in [0.2, 0.25) is 0 Å². The lowest BCUT2D eigenvalue weighted by molar-refractivity contribution is -0.130. The molecule has 198 valence electrons. The topological polar surface area (TPSA) is 91.1 Å². The fourth-order valence-corrected chi connectivity index (χ4v) is 6.08. The van der Waals surface area contributed by atoms with Crippen molar-refractivity contribution in [1.82, 2.24) is 20.2 Å². The van der Waals surface area contributed by atoms with Gasteiger partial charge in [0.15, 0.2) is 11.0 Å². The van der Waals surface area contributed by atoms with Crippen molar-refractivity contribution < 1.29 is 9.63 Å². The van der Waals surface area contributed by atoms with Crippen molar-refractivity contribution in [3.8, 4) is 0 Å². The number of carbonyl (C=O) groups is 1. The molecule has 0 spiro atoms. The van der Waals surface area contributed by atoms with E-state index in [2.05, 4.69) is 49.2 Å². The van der Waals surface area contributed by atoms with Gasteiger partial charge >= 0.3 is 5.97 Å². The van der Waals surface area contributed by atoms with E-state index in [4.69, 9.17) is 22.2 Å². The zero-order chi connectivity index (χ0) is 26.1. The summed E-state index contributed by atoms with van der Waals surface area (Å²) < 4.78 is 0. The molecule has 4 heterocycles. The van der Waals surface area contributed by atoms with Gasteiger partial charge in [-0.1, -0.05) is 41.9 Å². The number of piperazine rings is 2. The van der Waals surface area contributed by atoms with Crippen molar-refractivity contribution in [2.45, 2.75) is 31.5 Å². The number of nitrogens with two attached hydrogens (primary N) is 1. The van der Waals surface area contributed by atoms with Gasteiger partial charge in [-0.15, -0.1) is 15.3 Å². The average Bonchev–Trinajstić information content (AvgIpc) is 3.21. The number of rotatable bonds is 6. The number of fused-ring (bicyclic) bond motifs is 2. The lowest BCUT2D eigenvalue weighted by Crippen LogP contribution is -2.54. The molecule has 2 aromatic carbocycles. The van der Waals surface area contributed by atoms with Gasteiger partial charge in [-0.25, -0.2) is 4.79 Å². The molecular weight excluding hydrogens is 502 g/mol. The van der Waals surface area contributed by atoms with E-state index >= 15 is 0 Å². The van der Waals surface area contributed by atoms with Crippen LogP contribution in [-0.4, -0.2) is 77.5 Å². The van der Waals surface area contributed by atoms with Gasteiger partial charge in [0.25, 0.3) is 0 Å². The van der Waals surface area contributed by atoms with E-state index in [1.54, 1.807) is 17.2 Å². The van der Waals surface area contributed by atoms with E-state index in [0.717, 1.165) is 51.3 Å². The standard InChI is InChI=1S/C28H32ClN7O2/c29-26-16-25(27(30)32-31-26)34-18-23-9-10-24(19-34)36(23)22-8-4-5-20(15-22)17-33-11-13-35(14-12-33)38-28(37)21-6-2-1-3-7-21/h1-8,15-16,23-24H,9-14,17-19H2,(H2,30,32)/t23-,24+. The summed E-state index contributed by atoms with van der Waals surface area (Å²) in [5.41, 5.74) is 10.2. The van der Waals surface area contributed by atoms with Crippen LogP contribution in [0.15, 0.2) is 60.7 Å². The van der Waals surface area contributed by atoms with Gasteiger partial charge in [-0.05, 0) is 42.7 Å². The summed E-state index contributed by atoms with van der Waals surface area (Å²) in [5.74, 6) is 0.131. The summed E-state index contributed by atoms with van der Waals surface area (Å²) in [6.45, 7) is 5.73. The third-order valence-corrected chi connectivity index (χ3v) is 7.95. The number of hydrogen-bond acceptors (Lipinski definition) is 9. The van der Waals surface area contributed by atoms with Gasteiger partial charge < -0.3 is 20.4 Å². The van der Waals surface area contributed by atoms with Crippen LogP contribution in [0.2, 0.25) is 5.15 Å². The molecule has 9 nitrogen and oxygen atoms in total. The van der Waals surface area contributed by atoms with Crippen LogP contribution in [0.25, 0.3) is 0 Å². The highest BCUT2D eigenvalue weighted by molar-refractivity contribution is 6.29. The highest BCUT2D eigenvalue weighted by atomic mass is 35.5. The Labute approximate surface area is 227 Å². The van der Waals surface area contributed by atoms with Gasteiger partial charge in [-0.2, -0.15) is 0 Å². The Morgan fingerprint density at radius 1 is 0.947 bits per heavy atom. The lowest BCUT2D eigenvalue weighted by Gasteiger charge is -2.43. The van der Waals surface area contributed by atoms with Crippen LogP contribution in [0.4, 0.5) is 17.2 Å². The minimum atomic E-state index is -0.299. The number of halogens is 1. The Morgan fingerprint density at radius 2 is 1.68 bits per heavy atom. The van der Waals surface area contributed by atoms with Crippen molar-refractivity contribution in [2.24, 2.45) is 0 Å². The highest BCUT2D eigenvalue weighted by Crippen LogP contribution is 2.38. The second-order valence-electron chi connectivity index (χ2n) is 10.3. The van der Waals surface area contributed by atoms with Gasteiger partial charge in [0.1, 0.15) is 0 Å². The third-order valence-electron chi connectivity index (χ3n) is 7.76. The Bertz CT molecular complexity index is 1270.